The molecule has 0 aromatic heterocycles. The van der Waals surface area contributed by atoms with E-state index in [1.54, 1.807) is 0 Å². The fraction of sp³-hybridized carbons (Fsp3) is 0.250. The van der Waals surface area contributed by atoms with Gasteiger partial charge in [-0.2, -0.15) is 0 Å². The average Bonchev–Trinajstić information content (AvgIpc) is 2.39. The molecule has 0 bridgehead atoms. The van der Waals surface area contributed by atoms with Gasteiger partial charge in [-0.05, 0) is 30.5 Å². The number of hydrogen-bond acceptors (Lipinski definition) is 1. The van der Waals surface area contributed by atoms with Gasteiger partial charge in [-0.15, -0.1) is 0 Å². The predicted octanol–water partition coefficient (Wildman–Crippen LogP) is 4.02. The fourth-order valence-electron chi connectivity index (χ4n) is 2.74. The number of fused-ring (bicyclic) bond motifs is 1. The normalized spacial score (nSPS) is 22.6. The van der Waals surface area contributed by atoms with Crippen molar-refractivity contribution in [3.05, 3.63) is 65.7 Å². The zero-order valence-electron chi connectivity index (χ0n) is 10.1. The number of hydrogen-bond donors (Lipinski definition) is 1. The summed E-state index contributed by atoms with van der Waals surface area (Å²) < 4.78 is 0. The molecule has 1 heterocycles. The van der Waals surface area contributed by atoms with Crippen LogP contribution in [0.4, 0.5) is 5.69 Å². The van der Waals surface area contributed by atoms with Crippen molar-refractivity contribution >= 4 is 5.69 Å². The van der Waals surface area contributed by atoms with E-state index < -0.39 is 0 Å². The second-order valence-electron chi connectivity index (χ2n) is 4.83. The average molecular weight is 223 g/mol. The highest BCUT2D eigenvalue weighted by molar-refractivity contribution is 5.58. The van der Waals surface area contributed by atoms with Crippen LogP contribution in [0.15, 0.2) is 54.6 Å². The van der Waals surface area contributed by atoms with Crippen LogP contribution in [0, 0.1) is 0 Å². The van der Waals surface area contributed by atoms with Gasteiger partial charge in [-0.3, -0.25) is 0 Å². The van der Waals surface area contributed by atoms with E-state index in [9.17, 15) is 0 Å². The molecule has 3 rings (SSSR count). The summed E-state index contributed by atoms with van der Waals surface area (Å²) in [6.07, 6.45) is 1.17. The van der Waals surface area contributed by atoms with Gasteiger partial charge in [0, 0.05) is 17.6 Å². The van der Waals surface area contributed by atoms with E-state index in [0.29, 0.717) is 12.0 Å². The van der Waals surface area contributed by atoms with Crippen molar-refractivity contribution in [3.8, 4) is 0 Å². The van der Waals surface area contributed by atoms with Gasteiger partial charge in [-0.1, -0.05) is 48.5 Å². The molecule has 1 N–H and O–H groups in total. The second kappa shape index (κ2) is 4.25. The van der Waals surface area contributed by atoms with E-state index in [1.165, 1.54) is 23.2 Å². The Kier molecular flexibility index (Phi) is 2.60. The SMILES string of the molecule is C[C@@H]1C[C@H](c2ccccc2)c2ccccc2N1. The zero-order chi connectivity index (χ0) is 11.7. The Morgan fingerprint density at radius 2 is 1.65 bits per heavy atom. The molecule has 1 aliphatic rings. The lowest BCUT2D eigenvalue weighted by molar-refractivity contribution is 0.615. The number of para-hydroxylation sites is 1. The first-order chi connectivity index (χ1) is 8.34. The molecule has 0 amide bonds. The van der Waals surface area contributed by atoms with Crippen molar-refractivity contribution < 1.29 is 0 Å². The van der Waals surface area contributed by atoms with E-state index in [1.807, 2.05) is 0 Å². The van der Waals surface area contributed by atoms with Crippen LogP contribution < -0.4 is 5.32 Å². The fourth-order valence-corrected chi connectivity index (χ4v) is 2.74. The summed E-state index contributed by atoms with van der Waals surface area (Å²) in [5.74, 6) is 0.531. The summed E-state index contributed by atoms with van der Waals surface area (Å²) in [7, 11) is 0. The zero-order valence-corrected chi connectivity index (χ0v) is 10.1. The van der Waals surface area contributed by atoms with Crippen molar-refractivity contribution in [2.24, 2.45) is 0 Å². The molecule has 17 heavy (non-hydrogen) atoms. The van der Waals surface area contributed by atoms with Crippen molar-refractivity contribution in [2.45, 2.75) is 25.3 Å². The number of nitrogens with one attached hydrogen (secondary N) is 1. The predicted molar refractivity (Wildman–Crippen MR) is 72.4 cm³/mol. The summed E-state index contributed by atoms with van der Waals surface area (Å²) in [4.78, 5) is 0. The minimum absolute atomic E-state index is 0.531. The van der Waals surface area contributed by atoms with Gasteiger partial charge in [0.15, 0.2) is 0 Å². The molecule has 1 aliphatic heterocycles. The summed E-state index contributed by atoms with van der Waals surface area (Å²) in [6.45, 7) is 2.26. The molecule has 0 saturated heterocycles. The van der Waals surface area contributed by atoms with Crippen LogP contribution in [-0.4, -0.2) is 6.04 Å². The molecule has 2 atom stereocenters. The summed E-state index contributed by atoms with van der Waals surface area (Å²) >= 11 is 0. The maximum atomic E-state index is 3.56. The highest BCUT2D eigenvalue weighted by atomic mass is 14.9. The Hall–Kier alpha value is -1.76. The van der Waals surface area contributed by atoms with Crippen LogP contribution in [-0.2, 0) is 0 Å². The number of rotatable bonds is 1. The largest absolute Gasteiger partial charge is 0.382 e. The van der Waals surface area contributed by atoms with Crippen molar-refractivity contribution in [3.63, 3.8) is 0 Å². The first-order valence-corrected chi connectivity index (χ1v) is 6.25. The third kappa shape index (κ3) is 1.93. The Morgan fingerprint density at radius 3 is 2.47 bits per heavy atom. The summed E-state index contributed by atoms with van der Waals surface area (Å²) in [6, 6.07) is 20.0. The molecule has 0 unspecified atom stereocenters. The van der Waals surface area contributed by atoms with Crippen LogP contribution in [0.2, 0.25) is 0 Å². The molecule has 0 fully saturated rings. The van der Waals surface area contributed by atoms with Crippen LogP contribution in [0.1, 0.15) is 30.4 Å². The lowest BCUT2D eigenvalue weighted by atomic mass is 9.82. The standard InChI is InChI=1S/C16H17N/c1-12-11-15(13-7-3-2-4-8-13)14-9-5-6-10-16(14)17-12/h2-10,12,15,17H,11H2,1H3/t12-,15-/m1/s1. The summed E-state index contributed by atoms with van der Waals surface area (Å²) in [5, 5.41) is 3.56. The lowest BCUT2D eigenvalue weighted by Crippen LogP contribution is -2.25. The Labute approximate surface area is 102 Å². The molecule has 1 nitrogen and oxygen atoms in total. The quantitative estimate of drug-likeness (QED) is 0.770. The van der Waals surface area contributed by atoms with Crippen LogP contribution in [0.25, 0.3) is 0 Å². The maximum Gasteiger partial charge on any atom is 0.0381 e. The molecule has 0 radical (unpaired) electrons. The lowest BCUT2D eigenvalue weighted by Gasteiger charge is -2.31. The summed E-state index contributed by atoms with van der Waals surface area (Å²) in [5.41, 5.74) is 4.14. The Morgan fingerprint density at radius 1 is 0.941 bits per heavy atom. The van der Waals surface area contributed by atoms with Gasteiger partial charge >= 0.3 is 0 Å². The van der Waals surface area contributed by atoms with Gasteiger partial charge in [0.1, 0.15) is 0 Å². The van der Waals surface area contributed by atoms with E-state index >= 15 is 0 Å². The van der Waals surface area contributed by atoms with E-state index in [-0.39, 0.29) is 0 Å². The monoisotopic (exact) mass is 223 g/mol. The van der Waals surface area contributed by atoms with E-state index in [2.05, 4.69) is 66.8 Å². The topological polar surface area (TPSA) is 12.0 Å². The van der Waals surface area contributed by atoms with Crippen molar-refractivity contribution in [1.82, 2.24) is 0 Å². The molecule has 86 valence electrons. The van der Waals surface area contributed by atoms with Gasteiger partial charge in [-0.25, -0.2) is 0 Å². The van der Waals surface area contributed by atoms with Gasteiger partial charge in [0.05, 0.1) is 0 Å². The molecule has 0 spiro atoms. The minimum Gasteiger partial charge on any atom is -0.382 e. The number of benzene rings is 2. The van der Waals surface area contributed by atoms with Crippen LogP contribution in [0.5, 0.6) is 0 Å². The molecule has 0 saturated carbocycles. The highest BCUT2D eigenvalue weighted by Crippen LogP contribution is 2.38. The van der Waals surface area contributed by atoms with Crippen LogP contribution in [0.3, 0.4) is 0 Å². The van der Waals surface area contributed by atoms with E-state index in [0.717, 1.165) is 0 Å². The van der Waals surface area contributed by atoms with Crippen molar-refractivity contribution in [2.75, 3.05) is 5.32 Å². The third-order valence-electron chi connectivity index (χ3n) is 3.53. The van der Waals surface area contributed by atoms with Gasteiger partial charge < -0.3 is 5.32 Å². The first-order valence-electron chi connectivity index (χ1n) is 6.25. The maximum absolute atomic E-state index is 3.56. The van der Waals surface area contributed by atoms with Crippen molar-refractivity contribution in [1.29, 1.82) is 0 Å². The molecule has 2 aromatic rings. The number of anilines is 1. The van der Waals surface area contributed by atoms with E-state index in [4.69, 9.17) is 0 Å². The first kappa shape index (κ1) is 10.4. The third-order valence-corrected chi connectivity index (χ3v) is 3.53. The second-order valence-corrected chi connectivity index (χ2v) is 4.83. The molecular weight excluding hydrogens is 206 g/mol. The molecule has 2 aromatic carbocycles. The molecular formula is C16H17N. The Balaban J connectivity index is 2.07. The highest BCUT2D eigenvalue weighted by Gasteiger charge is 2.24. The van der Waals surface area contributed by atoms with Gasteiger partial charge in [0.2, 0.25) is 0 Å². The molecule has 1 heteroatoms. The van der Waals surface area contributed by atoms with Crippen LogP contribution >= 0.6 is 0 Å². The minimum atomic E-state index is 0.531. The molecule has 0 aliphatic carbocycles. The smallest absolute Gasteiger partial charge is 0.0381 e. The Bertz CT molecular complexity index is 504. The van der Waals surface area contributed by atoms with Gasteiger partial charge in [0.25, 0.3) is 0 Å².